The molecule has 2 heterocycles. The van der Waals surface area contributed by atoms with Crippen LogP contribution in [0.25, 0.3) is 5.69 Å². The second kappa shape index (κ2) is 13.9. The van der Waals surface area contributed by atoms with Crippen molar-refractivity contribution in [2.45, 2.75) is 40.4 Å². The van der Waals surface area contributed by atoms with Crippen LogP contribution >= 0.6 is 15.9 Å². The van der Waals surface area contributed by atoms with E-state index >= 15 is 0 Å². The highest BCUT2D eigenvalue weighted by Gasteiger charge is 2.15. The molecule has 42 heavy (non-hydrogen) atoms. The van der Waals surface area contributed by atoms with Crippen LogP contribution in [0, 0.1) is 13.8 Å². The molecule has 4 rings (SSSR count). The van der Waals surface area contributed by atoms with Gasteiger partial charge in [-0.1, -0.05) is 0 Å². The van der Waals surface area contributed by atoms with Crippen LogP contribution in [-0.2, 0) is 16.1 Å². The summed E-state index contributed by atoms with van der Waals surface area (Å²) in [6.07, 6.45) is 1.20. The minimum absolute atomic E-state index is 0.0930. The van der Waals surface area contributed by atoms with Crippen LogP contribution in [0.2, 0.25) is 0 Å². The number of nitrogens with one attached hydrogen (secondary N) is 1. The number of hydrogen-bond acceptors (Lipinski definition) is 8. The lowest BCUT2D eigenvalue weighted by atomic mass is 10.2. The van der Waals surface area contributed by atoms with Gasteiger partial charge in [-0.3, -0.25) is 4.79 Å². The van der Waals surface area contributed by atoms with Crippen molar-refractivity contribution in [1.82, 2.24) is 9.99 Å². The number of aryl methyl sites for hydroxylation is 2. The predicted molar refractivity (Wildman–Crippen MR) is 161 cm³/mol. The van der Waals surface area contributed by atoms with E-state index in [-0.39, 0.29) is 25.1 Å². The number of furan rings is 1. The number of methoxy groups -OCH3 is 1. The van der Waals surface area contributed by atoms with Crippen molar-refractivity contribution in [1.29, 1.82) is 0 Å². The number of ether oxygens (including phenoxy) is 4. The molecule has 1 N–H and O–H groups in total. The van der Waals surface area contributed by atoms with Gasteiger partial charge in [0.2, 0.25) is 0 Å². The molecule has 10 nitrogen and oxygen atoms in total. The van der Waals surface area contributed by atoms with Crippen LogP contribution in [0.1, 0.15) is 47.1 Å². The fourth-order valence-corrected chi connectivity index (χ4v) is 4.68. The molecule has 220 valence electrons. The van der Waals surface area contributed by atoms with Gasteiger partial charge >= 0.3 is 11.9 Å². The molecular formula is C31H32BrN3O7. The van der Waals surface area contributed by atoms with E-state index in [0.717, 1.165) is 17.1 Å². The molecule has 0 saturated heterocycles. The van der Waals surface area contributed by atoms with Crippen molar-refractivity contribution < 1.29 is 33.0 Å². The number of aromatic nitrogens is 1. The maximum Gasteiger partial charge on any atom is 0.344 e. The normalized spacial score (nSPS) is 11.1. The third kappa shape index (κ3) is 7.82. The quantitative estimate of drug-likeness (QED) is 0.113. The van der Waals surface area contributed by atoms with Gasteiger partial charge in [0.15, 0.2) is 23.9 Å². The smallest absolute Gasteiger partial charge is 0.344 e. The molecule has 0 spiro atoms. The van der Waals surface area contributed by atoms with Gasteiger partial charge in [-0.05, 0) is 110 Å². The first kappa shape index (κ1) is 30.4. The number of nitrogens with zero attached hydrogens (tertiary/aromatic N) is 2. The van der Waals surface area contributed by atoms with Gasteiger partial charge in [0.1, 0.15) is 18.1 Å². The first-order valence-electron chi connectivity index (χ1n) is 13.1. The Kier molecular flexibility index (Phi) is 10.1. The van der Waals surface area contributed by atoms with E-state index in [1.54, 1.807) is 38.1 Å². The van der Waals surface area contributed by atoms with Crippen LogP contribution in [0.15, 0.2) is 74.7 Å². The first-order valence-corrected chi connectivity index (χ1v) is 13.9. The summed E-state index contributed by atoms with van der Waals surface area (Å²) in [6, 6.07) is 18.5. The Hall–Kier alpha value is -4.51. The minimum atomic E-state index is -0.519. The molecule has 0 fully saturated rings. The van der Waals surface area contributed by atoms with E-state index in [0.29, 0.717) is 33.0 Å². The largest absolute Gasteiger partial charge is 0.493 e. The number of carbonyl (C=O) groups is 2. The minimum Gasteiger partial charge on any atom is -0.493 e. The molecule has 0 saturated carbocycles. The van der Waals surface area contributed by atoms with Gasteiger partial charge in [-0.2, -0.15) is 5.10 Å². The maximum atomic E-state index is 12.5. The molecule has 0 aliphatic heterocycles. The SMILES string of the molecule is COc1cc(/C=N/NC(=O)c2ccc(COc3ccc(-n4c(C)ccc4C)cc3)o2)cc(Br)c1OCC(=O)OC(C)C. The topological polar surface area (TPSA) is 114 Å². The second-order valence-corrected chi connectivity index (χ2v) is 10.4. The lowest BCUT2D eigenvalue weighted by Gasteiger charge is -2.14. The Balaban J connectivity index is 1.30. The van der Waals surface area contributed by atoms with Crippen molar-refractivity contribution in [2.75, 3.05) is 13.7 Å². The average Bonchev–Trinajstić information content (AvgIpc) is 3.57. The number of halogens is 1. The van der Waals surface area contributed by atoms with Crippen molar-refractivity contribution in [2.24, 2.45) is 5.10 Å². The molecule has 2 aromatic carbocycles. The second-order valence-electron chi connectivity index (χ2n) is 9.56. The Morgan fingerprint density at radius 3 is 2.40 bits per heavy atom. The molecule has 0 radical (unpaired) electrons. The number of amides is 1. The summed E-state index contributed by atoms with van der Waals surface area (Å²) in [5, 5.41) is 4.01. The lowest BCUT2D eigenvalue weighted by molar-refractivity contribution is -0.149. The fraction of sp³-hybridized carbons (Fsp3) is 0.258. The summed E-state index contributed by atoms with van der Waals surface area (Å²) in [6.45, 7) is 7.53. The molecule has 0 bridgehead atoms. The summed E-state index contributed by atoms with van der Waals surface area (Å²) in [7, 11) is 1.47. The van der Waals surface area contributed by atoms with Gasteiger partial charge in [0.25, 0.3) is 0 Å². The molecule has 0 unspecified atom stereocenters. The van der Waals surface area contributed by atoms with Crippen molar-refractivity contribution in [3.8, 4) is 22.9 Å². The van der Waals surface area contributed by atoms with Crippen molar-refractivity contribution in [3.63, 3.8) is 0 Å². The summed E-state index contributed by atoms with van der Waals surface area (Å²) in [4.78, 5) is 24.4. The zero-order chi connectivity index (χ0) is 30.2. The third-order valence-electron chi connectivity index (χ3n) is 5.97. The first-order chi connectivity index (χ1) is 20.1. The Morgan fingerprint density at radius 1 is 1.02 bits per heavy atom. The van der Waals surface area contributed by atoms with Gasteiger partial charge in [0, 0.05) is 17.1 Å². The standard InChI is InChI=1S/C31H32BrN3O7/c1-19(2)41-29(36)18-40-30-26(32)14-22(15-28(30)38-5)16-33-34-31(37)27-13-12-25(42-27)17-39-24-10-8-23(9-11-24)35-20(3)6-7-21(35)4/h6-16,19H,17-18H2,1-5H3,(H,34,37)/b33-16+. The summed E-state index contributed by atoms with van der Waals surface area (Å²) in [5.41, 5.74) is 6.42. The van der Waals surface area contributed by atoms with Crippen LogP contribution in [0.4, 0.5) is 0 Å². The molecule has 2 aromatic heterocycles. The van der Waals surface area contributed by atoms with Gasteiger partial charge in [-0.25, -0.2) is 10.2 Å². The number of rotatable bonds is 12. The van der Waals surface area contributed by atoms with E-state index in [1.165, 1.54) is 13.3 Å². The molecule has 0 aliphatic rings. The van der Waals surface area contributed by atoms with Crippen LogP contribution < -0.4 is 19.6 Å². The molecule has 0 atom stereocenters. The van der Waals surface area contributed by atoms with Gasteiger partial charge in [0.05, 0.1) is 23.9 Å². The van der Waals surface area contributed by atoms with Crippen molar-refractivity contribution >= 4 is 34.0 Å². The molecular weight excluding hydrogens is 606 g/mol. The van der Waals surface area contributed by atoms with E-state index in [1.807, 2.05) is 24.3 Å². The maximum absolute atomic E-state index is 12.5. The summed E-state index contributed by atoms with van der Waals surface area (Å²) in [5.74, 6) is 0.965. The Labute approximate surface area is 252 Å². The van der Waals surface area contributed by atoms with E-state index in [9.17, 15) is 9.59 Å². The van der Waals surface area contributed by atoms with Crippen molar-refractivity contribution in [3.05, 3.63) is 93.6 Å². The molecule has 11 heteroatoms. The summed E-state index contributed by atoms with van der Waals surface area (Å²) >= 11 is 3.42. The highest BCUT2D eigenvalue weighted by atomic mass is 79.9. The lowest BCUT2D eigenvalue weighted by Crippen LogP contribution is -2.19. The van der Waals surface area contributed by atoms with E-state index in [2.05, 4.69) is 57.0 Å². The zero-order valence-electron chi connectivity index (χ0n) is 24.0. The Bertz CT molecular complexity index is 1550. The number of hydrazone groups is 1. The molecule has 1 amide bonds. The fourth-order valence-electron chi connectivity index (χ4n) is 4.10. The number of carbonyl (C=O) groups excluding carboxylic acids is 2. The number of hydrogen-bond donors (Lipinski definition) is 1. The predicted octanol–water partition coefficient (Wildman–Crippen LogP) is 6.13. The average molecular weight is 639 g/mol. The van der Waals surface area contributed by atoms with E-state index in [4.69, 9.17) is 23.4 Å². The van der Waals surface area contributed by atoms with Crippen LogP contribution in [0.5, 0.6) is 17.2 Å². The van der Waals surface area contributed by atoms with Crippen LogP contribution in [-0.4, -0.2) is 42.5 Å². The highest BCUT2D eigenvalue weighted by molar-refractivity contribution is 9.10. The number of benzene rings is 2. The zero-order valence-corrected chi connectivity index (χ0v) is 25.6. The highest BCUT2D eigenvalue weighted by Crippen LogP contribution is 2.36. The molecule has 4 aromatic rings. The Morgan fingerprint density at radius 2 is 1.74 bits per heavy atom. The van der Waals surface area contributed by atoms with Crippen LogP contribution in [0.3, 0.4) is 0 Å². The molecule has 0 aliphatic carbocycles. The van der Waals surface area contributed by atoms with Gasteiger partial charge < -0.3 is 27.9 Å². The van der Waals surface area contributed by atoms with Gasteiger partial charge in [-0.15, -0.1) is 0 Å². The monoisotopic (exact) mass is 637 g/mol. The summed E-state index contributed by atoms with van der Waals surface area (Å²) < 4.78 is 30.2. The number of esters is 1. The third-order valence-corrected chi connectivity index (χ3v) is 6.55. The van der Waals surface area contributed by atoms with E-state index < -0.39 is 11.9 Å².